The van der Waals surface area contributed by atoms with Crippen LogP contribution in [0, 0.1) is 13.8 Å². The number of nitrogens with one attached hydrogen (secondary N) is 2. The number of nitrogens with zero attached hydrogens (tertiary/aromatic N) is 3. The Balaban J connectivity index is 1.48. The zero-order valence-corrected chi connectivity index (χ0v) is 24.8. The molecule has 2 N–H and O–H groups in total. The van der Waals surface area contributed by atoms with Crippen LogP contribution in [0.25, 0.3) is 22.0 Å². The van der Waals surface area contributed by atoms with Crippen LogP contribution in [-0.2, 0) is 15.6 Å². The molecule has 8 nitrogen and oxygen atoms in total. The lowest BCUT2D eigenvalue weighted by molar-refractivity contribution is 0.0189. The molecule has 0 bridgehead atoms. The van der Waals surface area contributed by atoms with Crippen LogP contribution < -0.4 is 15.4 Å². The molecule has 1 aliphatic rings. The number of halogens is 2. The zero-order valence-electron chi connectivity index (χ0n) is 24.0. The van der Waals surface area contributed by atoms with Crippen molar-refractivity contribution in [2.24, 2.45) is 0 Å². The number of hydrogen-bond acceptors (Lipinski definition) is 8. The summed E-state index contributed by atoms with van der Waals surface area (Å²) >= 11 is 0. The first-order valence-electron chi connectivity index (χ1n) is 14.0. The Morgan fingerprint density at radius 2 is 1.83 bits per heavy atom. The Morgan fingerprint density at radius 3 is 2.60 bits per heavy atom. The van der Waals surface area contributed by atoms with Gasteiger partial charge < -0.3 is 15.4 Å². The van der Waals surface area contributed by atoms with Crippen LogP contribution in [0.1, 0.15) is 42.9 Å². The van der Waals surface area contributed by atoms with Crippen molar-refractivity contribution in [3.63, 3.8) is 0 Å². The molecule has 0 aliphatic carbocycles. The van der Waals surface area contributed by atoms with Crippen LogP contribution in [-0.4, -0.2) is 54.2 Å². The third kappa shape index (κ3) is 7.19. The molecule has 0 saturated carbocycles. The molecular weight excluding hydrogens is 560 g/mol. The van der Waals surface area contributed by atoms with E-state index in [1.807, 2.05) is 50.2 Å². The number of aromatic nitrogens is 3. The maximum Gasteiger partial charge on any atom is 0.246 e. The Labute approximate surface area is 244 Å². The Bertz CT molecular complexity index is 1690. The average molecular weight is 596 g/mol. The first-order chi connectivity index (χ1) is 20.0. The first kappa shape index (κ1) is 29.8. The highest BCUT2D eigenvalue weighted by atomic mass is 32.2. The highest BCUT2D eigenvalue weighted by Gasteiger charge is 2.26. The van der Waals surface area contributed by atoms with Gasteiger partial charge in [-0.15, -0.1) is 0 Å². The van der Waals surface area contributed by atoms with Crippen LogP contribution in [0.2, 0.25) is 0 Å². The maximum absolute atomic E-state index is 13.4. The molecule has 0 amide bonds. The molecule has 5 rings (SSSR count). The van der Waals surface area contributed by atoms with Crippen molar-refractivity contribution >= 4 is 26.6 Å². The number of ether oxygens (including phenoxy) is 1. The summed E-state index contributed by atoms with van der Waals surface area (Å²) < 4.78 is 59.0. The topological polar surface area (TPSA) is 106 Å². The molecule has 11 heteroatoms. The average Bonchev–Trinajstić information content (AvgIpc) is 2.95. The van der Waals surface area contributed by atoms with E-state index in [2.05, 4.69) is 20.6 Å². The molecule has 3 heterocycles. The standard InChI is InChI=1S/C31H35F2N5O3S/c1-20-8-11-24-23(26(20)19-42(39,40)17-13-31(3,32)33)10-9-21(2)28(24)41-29-25(7-5-15-35-29)27-12-16-36-30(38-27)37-22-6-4-14-34-18-22/h5,7-12,15-16,22,34H,4,6,13-14,17-19H2,1-3H3,(H,36,37,38)/t22-/m0/s1. The van der Waals surface area contributed by atoms with Gasteiger partial charge in [0.1, 0.15) is 5.75 Å². The molecule has 1 saturated heterocycles. The predicted molar refractivity (Wildman–Crippen MR) is 161 cm³/mol. The van der Waals surface area contributed by atoms with E-state index in [9.17, 15) is 17.2 Å². The molecule has 0 unspecified atom stereocenters. The number of hydrogen-bond donors (Lipinski definition) is 2. The van der Waals surface area contributed by atoms with Gasteiger partial charge in [0, 0.05) is 36.8 Å². The van der Waals surface area contributed by atoms with E-state index in [0.29, 0.717) is 45.2 Å². The molecule has 0 spiro atoms. The van der Waals surface area contributed by atoms with E-state index >= 15 is 0 Å². The SMILES string of the molecule is Cc1ccc2c(Oc3ncccc3-c3ccnc(N[C@H]4CCCNC4)n3)c(C)ccc2c1CS(=O)(=O)CCC(C)(F)F. The summed E-state index contributed by atoms with van der Waals surface area (Å²) in [6, 6.07) is 13.2. The first-order valence-corrected chi connectivity index (χ1v) is 15.8. The van der Waals surface area contributed by atoms with Crippen molar-refractivity contribution in [3.05, 3.63) is 71.5 Å². The molecule has 0 radical (unpaired) electrons. The summed E-state index contributed by atoms with van der Waals surface area (Å²) in [6.45, 7) is 6.32. The van der Waals surface area contributed by atoms with Crippen LogP contribution in [0.15, 0.2) is 54.9 Å². The molecule has 2 aromatic carbocycles. The van der Waals surface area contributed by atoms with Gasteiger partial charge in [0.25, 0.3) is 0 Å². The van der Waals surface area contributed by atoms with Gasteiger partial charge in [-0.2, -0.15) is 0 Å². The molecule has 1 aliphatic heterocycles. The quantitative estimate of drug-likeness (QED) is 0.222. The van der Waals surface area contributed by atoms with E-state index in [-0.39, 0.29) is 11.8 Å². The van der Waals surface area contributed by atoms with E-state index in [1.54, 1.807) is 18.5 Å². The lowest BCUT2D eigenvalue weighted by Gasteiger charge is -2.23. The van der Waals surface area contributed by atoms with Crippen molar-refractivity contribution in [2.75, 3.05) is 24.2 Å². The number of alkyl halides is 2. The number of pyridine rings is 1. The fourth-order valence-corrected chi connectivity index (χ4v) is 6.75. The predicted octanol–water partition coefficient (Wildman–Crippen LogP) is 6.22. The Kier molecular flexibility index (Phi) is 8.70. The minimum atomic E-state index is -3.78. The van der Waals surface area contributed by atoms with Crippen molar-refractivity contribution in [1.29, 1.82) is 0 Å². The minimum absolute atomic E-state index is 0.247. The Hall–Kier alpha value is -3.70. The van der Waals surface area contributed by atoms with Gasteiger partial charge in [-0.05, 0) is 80.4 Å². The summed E-state index contributed by atoms with van der Waals surface area (Å²) in [6.07, 6.45) is 4.75. The highest BCUT2D eigenvalue weighted by molar-refractivity contribution is 7.90. The Morgan fingerprint density at radius 1 is 1.05 bits per heavy atom. The van der Waals surface area contributed by atoms with Crippen LogP contribution in [0.4, 0.5) is 14.7 Å². The zero-order chi connectivity index (χ0) is 29.9. The monoisotopic (exact) mass is 595 g/mol. The summed E-state index contributed by atoms with van der Waals surface area (Å²) in [5.74, 6) is -2.57. The minimum Gasteiger partial charge on any atom is -0.437 e. The van der Waals surface area contributed by atoms with Crippen LogP contribution in [0.5, 0.6) is 11.6 Å². The number of fused-ring (bicyclic) bond motifs is 1. The molecule has 222 valence electrons. The highest BCUT2D eigenvalue weighted by Crippen LogP contribution is 2.38. The number of anilines is 1. The molecule has 42 heavy (non-hydrogen) atoms. The van der Waals surface area contributed by atoms with E-state index in [1.165, 1.54) is 0 Å². The maximum atomic E-state index is 13.4. The number of piperidine rings is 1. The van der Waals surface area contributed by atoms with Gasteiger partial charge in [0.05, 0.1) is 22.8 Å². The van der Waals surface area contributed by atoms with E-state index < -0.39 is 27.9 Å². The second-order valence-electron chi connectivity index (χ2n) is 11.0. The van der Waals surface area contributed by atoms with E-state index in [4.69, 9.17) is 9.72 Å². The fourth-order valence-electron chi connectivity index (χ4n) is 5.11. The fraction of sp³-hybridized carbons (Fsp3) is 0.387. The number of benzene rings is 2. The third-order valence-corrected chi connectivity index (χ3v) is 9.00. The van der Waals surface area contributed by atoms with Crippen molar-refractivity contribution in [1.82, 2.24) is 20.3 Å². The number of sulfone groups is 1. The van der Waals surface area contributed by atoms with Gasteiger partial charge in [-0.1, -0.05) is 24.3 Å². The summed E-state index contributed by atoms with van der Waals surface area (Å²) in [7, 11) is -3.78. The van der Waals surface area contributed by atoms with Crippen molar-refractivity contribution < 1.29 is 21.9 Å². The van der Waals surface area contributed by atoms with Crippen molar-refractivity contribution in [3.8, 4) is 22.9 Å². The van der Waals surface area contributed by atoms with Gasteiger partial charge in [0.15, 0.2) is 9.84 Å². The van der Waals surface area contributed by atoms with Gasteiger partial charge in [-0.3, -0.25) is 0 Å². The number of rotatable bonds is 10. The molecule has 4 aromatic rings. The van der Waals surface area contributed by atoms with Crippen molar-refractivity contribution in [2.45, 2.75) is 57.8 Å². The lowest BCUT2D eigenvalue weighted by atomic mass is 9.98. The van der Waals surface area contributed by atoms with E-state index in [0.717, 1.165) is 44.0 Å². The second kappa shape index (κ2) is 12.3. The molecular formula is C31H35F2N5O3S. The third-order valence-electron chi connectivity index (χ3n) is 7.44. The second-order valence-corrected chi connectivity index (χ2v) is 13.2. The van der Waals surface area contributed by atoms with Gasteiger partial charge >= 0.3 is 0 Å². The summed E-state index contributed by atoms with van der Waals surface area (Å²) in [5.41, 5.74) is 3.49. The smallest absolute Gasteiger partial charge is 0.246 e. The normalized spacial score (nSPS) is 16.0. The van der Waals surface area contributed by atoms with Gasteiger partial charge in [0.2, 0.25) is 17.8 Å². The molecule has 1 atom stereocenters. The van der Waals surface area contributed by atoms with Gasteiger partial charge in [-0.25, -0.2) is 32.2 Å². The molecule has 1 fully saturated rings. The van der Waals surface area contributed by atoms with Crippen LogP contribution >= 0.6 is 0 Å². The lowest BCUT2D eigenvalue weighted by Crippen LogP contribution is -2.38. The summed E-state index contributed by atoms with van der Waals surface area (Å²) in [5, 5.41) is 8.18. The largest absolute Gasteiger partial charge is 0.437 e. The molecule has 2 aromatic heterocycles. The van der Waals surface area contributed by atoms with Crippen LogP contribution in [0.3, 0.4) is 0 Å². The number of aryl methyl sites for hydroxylation is 2. The summed E-state index contributed by atoms with van der Waals surface area (Å²) in [4.78, 5) is 13.6.